The molecule has 5 nitrogen and oxygen atoms in total. The van der Waals surface area contributed by atoms with Crippen LogP contribution in [0.5, 0.6) is 5.75 Å². The van der Waals surface area contributed by atoms with Gasteiger partial charge in [0.2, 0.25) is 5.91 Å². The van der Waals surface area contributed by atoms with E-state index in [1.165, 1.54) is 18.9 Å². The molecule has 1 aromatic carbocycles. The van der Waals surface area contributed by atoms with Gasteiger partial charge in [0, 0.05) is 10.7 Å². The Morgan fingerprint density at radius 3 is 2.83 bits per heavy atom. The summed E-state index contributed by atoms with van der Waals surface area (Å²) in [7, 11) is 1.52. The molecular formula is C17H16ClN3O2S. The molecule has 0 aliphatic rings. The van der Waals surface area contributed by atoms with Crippen LogP contribution in [0.2, 0.25) is 5.02 Å². The van der Waals surface area contributed by atoms with Gasteiger partial charge >= 0.3 is 0 Å². The average Bonchev–Trinajstić information content (AvgIpc) is 2.52. The van der Waals surface area contributed by atoms with E-state index in [-0.39, 0.29) is 11.7 Å². The minimum Gasteiger partial charge on any atom is -0.495 e. The van der Waals surface area contributed by atoms with Crippen LogP contribution in [0.25, 0.3) is 0 Å². The SMILES string of the molecule is COc1ccc(Cl)cc1NC(=O)CSc1nc(C)cc(C)c1C#N. The van der Waals surface area contributed by atoms with Crippen LogP contribution in [0, 0.1) is 25.2 Å². The minimum atomic E-state index is -0.231. The first kappa shape index (κ1) is 18.1. The number of hydrogen-bond acceptors (Lipinski definition) is 5. The first-order chi connectivity index (χ1) is 11.4. The topological polar surface area (TPSA) is 75.0 Å². The van der Waals surface area contributed by atoms with Crippen molar-refractivity contribution in [2.45, 2.75) is 18.9 Å². The van der Waals surface area contributed by atoms with Crippen LogP contribution >= 0.6 is 23.4 Å². The molecule has 0 bridgehead atoms. The van der Waals surface area contributed by atoms with Gasteiger partial charge in [-0.05, 0) is 43.7 Å². The summed E-state index contributed by atoms with van der Waals surface area (Å²) in [6.07, 6.45) is 0. The number of rotatable bonds is 5. The van der Waals surface area contributed by atoms with Crippen LogP contribution < -0.4 is 10.1 Å². The Morgan fingerprint density at radius 1 is 1.42 bits per heavy atom. The van der Waals surface area contributed by atoms with Gasteiger partial charge in [0.15, 0.2) is 0 Å². The molecule has 2 aromatic rings. The summed E-state index contributed by atoms with van der Waals surface area (Å²) in [5, 5.41) is 13.1. The molecule has 0 saturated heterocycles. The molecule has 1 amide bonds. The van der Waals surface area contributed by atoms with Crippen molar-refractivity contribution >= 4 is 35.0 Å². The largest absolute Gasteiger partial charge is 0.495 e. The van der Waals surface area contributed by atoms with Gasteiger partial charge in [-0.3, -0.25) is 4.79 Å². The number of nitrogens with zero attached hydrogens (tertiary/aromatic N) is 2. The fourth-order valence-electron chi connectivity index (χ4n) is 2.14. The number of aromatic nitrogens is 1. The van der Waals surface area contributed by atoms with E-state index in [9.17, 15) is 10.1 Å². The maximum absolute atomic E-state index is 12.2. The molecule has 1 N–H and O–H groups in total. The summed E-state index contributed by atoms with van der Waals surface area (Å²) in [4.78, 5) is 16.5. The van der Waals surface area contributed by atoms with E-state index in [1.807, 2.05) is 19.9 Å². The van der Waals surface area contributed by atoms with Gasteiger partial charge in [-0.25, -0.2) is 4.98 Å². The number of carbonyl (C=O) groups excluding carboxylic acids is 1. The molecule has 124 valence electrons. The molecule has 2 rings (SSSR count). The van der Waals surface area contributed by atoms with Crippen LogP contribution in [0.1, 0.15) is 16.8 Å². The number of methoxy groups -OCH3 is 1. The zero-order valence-electron chi connectivity index (χ0n) is 13.5. The van der Waals surface area contributed by atoms with Crippen LogP contribution in [-0.2, 0) is 4.79 Å². The molecule has 7 heteroatoms. The highest BCUT2D eigenvalue weighted by molar-refractivity contribution is 8.00. The Kier molecular flexibility index (Phi) is 6.07. The maximum atomic E-state index is 12.2. The highest BCUT2D eigenvalue weighted by Crippen LogP contribution is 2.28. The van der Waals surface area contributed by atoms with Crippen molar-refractivity contribution < 1.29 is 9.53 Å². The second-order valence-corrected chi connectivity index (χ2v) is 6.45. The molecule has 0 radical (unpaired) electrons. The van der Waals surface area contributed by atoms with Crippen molar-refractivity contribution in [3.05, 3.63) is 46.1 Å². The number of carbonyl (C=O) groups is 1. The number of aryl methyl sites for hydroxylation is 2. The fraction of sp³-hybridized carbons (Fsp3) is 0.235. The van der Waals surface area contributed by atoms with Gasteiger partial charge in [0.25, 0.3) is 0 Å². The Hall–Kier alpha value is -2.23. The number of amides is 1. The molecule has 1 heterocycles. The lowest BCUT2D eigenvalue weighted by molar-refractivity contribution is -0.113. The first-order valence-electron chi connectivity index (χ1n) is 7.09. The third kappa shape index (κ3) is 4.40. The predicted octanol–water partition coefficient (Wildman–Crippen LogP) is 3.96. The lowest BCUT2D eigenvalue weighted by atomic mass is 10.1. The molecule has 0 atom stereocenters. The number of pyridine rings is 1. The van der Waals surface area contributed by atoms with Gasteiger partial charge in [0.1, 0.15) is 16.8 Å². The van der Waals surface area contributed by atoms with E-state index in [0.717, 1.165) is 11.3 Å². The van der Waals surface area contributed by atoms with Crippen LogP contribution in [0.4, 0.5) is 5.69 Å². The standard InChI is InChI=1S/C17H16ClN3O2S/c1-10-6-11(2)20-17(13(10)8-19)24-9-16(22)21-14-7-12(18)4-5-15(14)23-3/h4-7H,9H2,1-3H3,(H,21,22). The fourth-order valence-corrected chi connectivity index (χ4v) is 3.21. The Labute approximate surface area is 150 Å². The predicted molar refractivity (Wildman–Crippen MR) is 95.8 cm³/mol. The molecule has 0 aliphatic carbocycles. The summed E-state index contributed by atoms with van der Waals surface area (Å²) < 4.78 is 5.20. The van der Waals surface area contributed by atoms with Crippen molar-refractivity contribution in [2.24, 2.45) is 0 Å². The van der Waals surface area contributed by atoms with E-state index >= 15 is 0 Å². The summed E-state index contributed by atoms with van der Waals surface area (Å²) in [6.45, 7) is 3.71. The molecule has 0 spiro atoms. The van der Waals surface area contributed by atoms with Crippen LogP contribution in [-0.4, -0.2) is 23.8 Å². The van der Waals surface area contributed by atoms with Gasteiger partial charge in [-0.2, -0.15) is 5.26 Å². The lowest BCUT2D eigenvalue weighted by Gasteiger charge is -2.11. The molecule has 0 aliphatic heterocycles. The van der Waals surface area contributed by atoms with E-state index in [2.05, 4.69) is 16.4 Å². The smallest absolute Gasteiger partial charge is 0.234 e. The number of ether oxygens (including phenoxy) is 1. The third-order valence-corrected chi connectivity index (χ3v) is 4.41. The molecule has 24 heavy (non-hydrogen) atoms. The summed E-state index contributed by atoms with van der Waals surface area (Å²) in [5.74, 6) is 0.422. The summed E-state index contributed by atoms with van der Waals surface area (Å²) in [5.41, 5.74) is 2.67. The monoisotopic (exact) mass is 361 g/mol. The highest BCUT2D eigenvalue weighted by Gasteiger charge is 2.13. The zero-order chi connectivity index (χ0) is 17.7. The number of benzene rings is 1. The number of thioether (sulfide) groups is 1. The maximum Gasteiger partial charge on any atom is 0.234 e. The zero-order valence-corrected chi connectivity index (χ0v) is 15.1. The van der Waals surface area contributed by atoms with Crippen molar-refractivity contribution in [2.75, 3.05) is 18.2 Å². The Bertz CT molecular complexity index is 818. The molecule has 0 unspecified atom stereocenters. The summed E-state index contributed by atoms with van der Waals surface area (Å²) >= 11 is 7.17. The number of nitrogens with one attached hydrogen (secondary N) is 1. The van der Waals surface area contributed by atoms with Crippen molar-refractivity contribution in [1.82, 2.24) is 4.98 Å². The van der Waals surface area contributed by atoms with Gasteiger partial charge in [0.05, 0.1) is 24.1 Å². The van der Waals surface area contributed by atoms with E-state index in [1.54, 1.807) is 18.2 Å². The first-order valence-corrected chi connectivity index (χ1v) is 8.45. The van der Waals surface area contributed by atoms with Crippen molar-refractivity contribution in [3.8, 4) is 11.8 Å². The highest BCUT2D eigenvalue weighted by atomic mass is 35.5. The van der Waals surface area contributed by atoms with E-state index < -0.39 is 0 Å². The number of hydrogen-bond donors (Lipinski definition) is 1. The Morgan fingerprint density at radius 2 is 2.17 bits per heavy atom. The van der Waals surface area contributed by atoms with Crippen LogP contribution in [0.15, 0.2) is 29.3 Å². The summed E-state index contributed by atoms with van der Waals surface area (Å²) in [6, 6.07) is 8.98. The molecular weight excluding hydrogens is 346 g/mol. The van der Waals surface area contributed by atoms with Gasteiger partial charge in [-0.15, -0.1) is 0 Å². The normalized spacial score (nSPS) is 10.1. The number of nitriles is 1. The molecule has 0 fully saturated rings. The number of halogens is 1. The van der Waals surface area contributed by atoms with Crippen LogP contribution in [0.3, 0.4) is 0 Å². The molecule has 0 saturated carbocycles. The van der Waals surface area contributed by atoms with Crippen molar-refractivity contribution in [1.29, 1.82) is 5.26 Å². The third-order valence-electron chi connectivity index (χ3n) is 3.20. The quantitative estimate of drug-likeness (QED) is 0.816. The second kappa shape index (κ2) is 8.04. The van der Waals surface area contributed by atoms with E-state index in [0.29, 0.717) is 27.0 Å². The van der Waals surface area contributed by atoms with E-state index in [4.69, 9.17) is 16.3 Å². The van der Waals surface area contributed by atoms with Crippen molar-refractivity contribution in [3.63, 3.8) is 0 Å². The minimum absolute atomic E-state index is 0.125. The Balaban J connectivity index is 2.10. The second-order valence-electron chi connectivity index (χ2n) is 5.05. The van der Waals surface area contributed by atoms with Gasteiger partial charge in [-0.1, -0.05) is 23.4 Å². The lowest BCUT2D eigenvalue weighted by Crippen LogP contribution is -2.15. The van der Waals surface area contributed by atoms with Gasteiger partial charge < -0.3 is 10.1 Å². The number of anilines is 1. The average molecular weight is 362 g/mol. The molecule has 1 aromatic heterocycles.